The second-order valence-electron chi connectivity index (χ2n) is 5.41. The minimum atomic E-state index is -0.643. The number of H-pyrrole nitrogens is 1. The highest BCUT2D eigenvalue weighted by molar-refractivity contribution is 5.82. The third-order valence-corrected chi connectivity index (χ3v) is 3.73. The van der Waals surface area contributed by atoms with E-state index >= 15 is 0 Å². The molecule has 0 aliphatic heterocycles. The molecule has 0 aliphatic carbocycles. The number of methoxy groups -OCH3 is 1. The maximum absolute atomic E-state index is 13.2. The Balaban J connectivity index is 1.59. The number of hydrogen-bond donors (Lipinski definition) is 2. The summed E-state index contributed by atoms with van der Waals surface area (Å²) >= 11 is 0. The highest BCUT2D eigenvalue weighted by atomic mass is 19.1. The highest BCUT2D eigenvalue weighted by Gasteiger charge is 2.19. The van der Waals surface area contributed by atoms with Crippen LogP contribution in [0.1, 0.15) is 17.5 Å². The quantitative estimate of drug-likeness (QED) is 0.731. The molecule has 0 saturated carbocycles. The van der Waals surface area contributed by atoms with Gasteiger partial charge in [-0.25, -0.2) is 9.37 Å². The lowest BCUT2D eigenvalue weighted by molar-refractivity contribution is -0.131. The molecule has 0 radical (unpaired) electrons. The number of aromatic amines is 1. The third-order valence-electron chi connectivity index (χ3n) is 3.73. The topological polar surface area (TPSA) is 67.0 Å². The van der Waals surface area contributed by atoms with E-state index < -0.39 is 6.10 Å². The van der Waals surface area contributed by atoms with Gasteiger partial charge in [0, 0.05) is 20.1 Å². The molecule has 5 nitrogen and oxygen atoms in total. The molecular weight excluding hydrogens is 309 g/mol. The number of amides is 1. The molecule has 0 spiro atoms. The summed E-state index contributed by atoms with van der Waals surface area (Å²) < 4.78 is 18.5. The molecule has 6 heteroatoms. The normalized spacial score (nSPS) is 12.2. The zero-order valence-corrected chi connectivity index (χ0v) is 13.3. The Labute approximate surface area is 138 Å². The summed E-state index contributed by atoms with van der Waals surface area (Å²) in [5.74, 6) is 0.187. The molecular formula is C18H18FN3O2. The van der Waals surface area contributed by atoms with Crippen molar-refractivity contribution in [2.24, 2.45) is 0 Å². The Kier molecular flexibility index (Phi) is 4.86. The summed E-state index contributed by atoms with van der Waals surface area (Å²) in [6, 6.07) is 13.7. The van der Waals surface area contributed by atoms with Crippen molar-refractivity contribution in [2.75, 3.05) is 13.7 Å². The van der Waals surface area contributed by atoms with E-state index in [-0.39, 0.29) is 11.7 Å². The van der Waals surface area contributed by atoms with Crippen LogP contribution in [0.4, 0.5) is 4.39 Å². The zero-order valence-electron chi connectivity index (χ0n) is 13.3. The minimum absolute atomic E-state index is 0.203. The van der Waals surface area contributed by atoms with E-state index in [0.29, 0.717) is 29.8 Å². The fraction of sp³-hybridized carbons (Fsp3) is 0.222. The minimum Gasteiger partial charge on any atom is -0.367 e. The van der Waals surface area contributed by atoms with Gasteiger partial charge < -0.3 is 15.0 Å². The van der Waals surface area contributed by atoms with Crippen LogP contribution in [0.3, 0.4) is 0 Å². The van der Waals surface area contributed by atoms with Gasteiger partial charge in [0.05, 0.1) is 11.0 Å². The number of halogens is 1. The van der Waals surface area contributed by atoms with Crippen LogP contribution in [-0.2, 0) is 16.0 Å². The van der Waals surface area contributed by atoms with Gasteiger partial charge in [0.25, 0.3) is 5.91 Å². The molecule has 3 rings (SSSR count). The first-order valence-corrected chi connectivity index (χ1v) is 7.67. The lowest BCUT2D eigenvalue weighted by Crippen LogP contribution is -2.32. The lowest BCUT2D eigenvalue weighted by Gasteiger charge is -2.15. The molecule has 2 N–H and O–H groups in total. The number of benzene rings is 2. The van der Waals surface area contributed by atoms with Crippen LogP contribution < -0.4 is 5.32 Å². The first-order valence-electron chi connectivity index (χ1n) is 7.67. The zero-order chi connectivity index (χ0) is 16.9. The van der Waals surface area contributed by atoms with Crippen LogP contribution in [0.2, 0.25) is 0 Å². The Hall–Kier alpha value is -2.73. The van der Waals surface area contributed by atoms with Crippen LogP contribution in [0.15, 0.2) is 48.5 Å². The lowest BCUT2D eigenvalue weighted by atomic mass is 10.1. The van der Waals surface area contributed by atoms with Crippen LogP contribution >= 0.6 is 0 Å². The van der Waals surface area contributed by atoms with Crippen LogP contribution in [0.5, 0.6) is 0 Å². The molecule has 0 aliphatic rings. The van der Waals surface area contributed by atoms with Gasteiger partial charge in [-0.3, -0.25) is 4.79 Å². The third kappa shape index (κ3) is 3.60. The number of carbonyl (C=O) groups is 1. The maximum Gasteiger partial charge on any atom is 0.253 e. The Morgan fingerprint density at radius 1 is 1.29 bits per heavy atom. The van der Waals surface area contributed by atoms with E-state index in [1.807, 2.05) is 30.3 Å². The molecule has 0 unspecified atom stereocenters. The summed E-state index contributed by atoms with van der Waals surface area (Å²) in [4.78, 5) is 19.7. The maximum atomic E-state index is 13.2. The Morgan fingerprint density at radius 3 is 2.83 bits per heavy atom. The summed E-state index contributed by atoms with van der Waals surface area (Å²) in [6.07, 6.45) is -0.122. The molecule has 0 saturated heterocycles. The van der Waals surface area contributed by atoms with Crippen molar-refractivity contribution in [3.8, 4) is 0 Å². The summed E-state index contributed by atoms with van der Waals surface area (Å²) in [7, 11) is 1.51. The molecule has 0 bridgehead atoms. The summed E-state index contributed by atoms with van der Waals surface area (Å²) in [6.45, 7) is 0.411. The second-order valence-corrected chi connectivity index (χ2v) is 5.41. The number of hydrogen-bond acceptors (Lipinski definition) is 3. The molecule has 1 amide bonds. The van der Waals surface area contributed by atoms with Gasteiger partial charge in [0.2, 0.25) is 0 Å². The number of carbonyl (C=O) groups excluding carboxylic acids is 1. The molecule has 1 heterocycles. The largest absolute Gasteiger partial charge is 0.367 e. The number of nitrogens with zero attached hydrogens (tertiary/aromatic N) is 1. The van der Waals surface area contributed by atoms with Gasteiger partial charge in [-0.05, 0) is 23.8 Å². The van der Waals surface area contributed by atoms with Crippen molar-refractivity contribution < 1.29 is 13.9 Å². The Morgan fingerprint density at radius 2 is 2.08 bits per heavy atom. The predicted octanol–water partition coefficient (Wildman–Crippen LogP) is 2.75. The molecule has 0 fully saturated rings. The highest BCUT2D eigenvalue weighted by Crippen LogP contribution is 2.16. The molecule has 1 atom stereocenters. The number of nitrogens with one attached hydrogen (secondary N) is 2. The van der Waals surface area contributed by atoms with Gasteiger partial charge in [-0.1, -0.05) is 30.3 Å². The number of imidazole rings is 1. The smallest absolute Gasteiger partial charge is 0.253 e. The summed E-state index contributed by atoms with van der Waals surface area (Å²) in [5.41, 5.74) is 2.16. The molecule has 3 aromatic rings. The van der Waals surface area contributed by atoms with Crippen LogP contribution in [0, 0.1) is 5.82 Å². The Bertz CT molecular complexity index is 833. The van der Waals surface area contributed by atoms with E-state index in [1.54, 1.807) is 6.07 Å². The fourth-order valence-corrected chi connectivity index (χ4v) is 2.57. The van der Waals surface area contributed by atoms with Crippen LogP contribution in [-0.4, -0.2) is 29.5 Å². The predicted molar refractivity (Wildman–Crippen MR) is 89.0 cm³/mol. The monoisotopic (exact) mass is 327 g/mol. The molecule has 124 valence electrons. The van der Waals surface area contributed by atoms with Gasteiger partial charge >= 0.3 is 0 Å². The van der Waals surface area contributed by atoms with Gasteiger partial charge in [0.15, 0.2) is 6.10 Å². The van der Waals surface area contributed by atoms with Crippen molar-refractivity contribution >= 4 is 16.9 Å². The standard InChI is InChI=1S/C18H18FN3O2/c1-24-17(12-5-3-2-4-6-12)18(23)20-10-9-16-21-14-8-7-13(19)11-15(14)22-16/h2-8,11,17H,9-10H2,1H3,(H,20,23)(H,21,22)/t17-/m0/s1. The van der Waals surface area contributed by atoms with Gasteiger partial charge in [-0.15, -0.1) is 0 Å². The number of rotatable bonds is 6. The molecule has 2 aromatic carbocycles. The van der Waals surface area contributed by atoms with Gasteiger partial charge in [-0.2, -0.15) is 0 Å². The number of fused-ring (bicyclic) bond motifs is 1. The van der Waals surface area contributed by atoms with E-state index in [1.165, 1.54) is 19.2 Å². The number of ether oxygens (including phenoxy) is 1. The van der Waals surface area contributed by atoms with Crippen molar-refractivity contribution in [2.45, 2.75) is 12.5 Å². The van der Waals surface area contributed by atoms with Crippen molar-refractivity contribution in [1.29, 1.82) is 0 Å². The first kappa shape index (κ1) is 16.1. The van der Waals surface area contributed by atoms with E-state index in [4.69, 9.17) is 4.74 Å². The van der Waals surface area contributed by atoms with Crippen molar-refractivity contribution in [1.82, 2.24) is 15.3 Å². The fourth-order valence-electron chi connectivity index (χ4n) is 2.57. The van der Waals surface area contributed by atoms with Crippen LogP contribution in [0.25, 0.3) is 11.0 Å². The van der Waals surface area contributed by atoms with E-state index in [9.17, 15) is 9.18 Å². The first-order chi connectivity index (χ1) is 11.7. The SMILES string of the molecule is CO[C@H](C(=O)NCCc1nc2ccc(F)cc2[nH]1)c1ccccc1. The average molecular weight is 327 g/mol. The number of aromatic nitrogens is 2. The second kappa shape index (κ2) is 7.23. The van der Waals surface area contributed by atoms with Crippen molar-refractivity contribution in [3.05, 3.63) is 65.7 Å². The van der Waals surface area contributed by atoms with Crippen molar-refractivity contribution in [3.63, 3.8) is 0 Å². The average Bonchev–Trinajstić information content (AvgIpc) is 2.98. The van der Waals surface area contributed by atoms with E-state index in [0.717, 1.165) is 5.56 Å². The molecule has 24 heavy (non-hydrogen) atoms. The van der Waals surface area contributed by atoms with Gasteiger partial charge in [0.1, 0.15) is 11.6 Å². The van der Waals surface area contributed by atoms with E-state index in [2.05, 4.69) is 15.3 Å². The summed E-state index contributed by atoms with van der Waals surface area (Å²) in [5, 5.41) is 2.84. The molecule has 1 aromatic heterocycles.